The maximum absolute atomic E-state index is 12.9. The van der Waals surface area contributed by atoms with Gasteiger partial charge in [-0.25, -0.2) is 0 Å². The fourth-order valence-electron chi connectivity index (χ4n) is 5.90. The molecule has 2 heterocycles. The van der Waals surface area contributed by atoms with E-state index in [1.54, 1.807) is 0 Å². The highest BCUT2D eigenvalue weighted by Crippen LogP contribution is 2.32. The van der Waals surface area contributed by atoms with Crippen molar-refractivity contribution in [2.45, 2.75) is 45.4 Å². The van der Waals surface area contributed by atoms with Gasteiger partial charge in [-0.15, -0.1) is 0 Å². The maximum atomic E-state index is 12.9. The normalized spacial score (nSPS) is 26.9. The highest BCUT2D eigenvalue weighted by atomic mass is 16.2. The van der Waals surface area contributed by atoms with Crippen molar-refractivity contribution in [2.24, 2.45) is 11.8 Å². The Morgan fingerprint density at radius 3 is 2.48 bits per heavy atom. The van der Waals surface area contributed by atoms with Gasteiger partial charge in [-0.2, -0.15) is 0 Å². The largest absolute Gasteiger partial charge is 0.327 e. The predicted molar refractivity (Wildman–Crippen MR) is 122 cm³/mol. The number of para-hydroxylation sites is 1. The summed E-state index contributed by atoms with van der Waals surface area (Å²) < 4.78 is 0. The molecule has 3 fully saturated rings. The number of nitrogens with zero attached hydrogens (tertiary/aromatic N) is 1. The Labute approximate surface area is 187 Å². The molecule has 0 aromatic heterocycles. The summed E-state index contributed by atoms with van der Waals surface area (Å²) in [5.74, 6) is 2.15. The molecule has 0 radical (unpaired) electrons. The number of benzene rings is 1. The lowest BCUT2D eigenvalue weighted by Crippen LogP contribution is -3.16. The number of fused-ring (bicyclic) bond motifs is 1. The summed E-state index contributed by atoms with van der Waals surface area (Å²) in [6.45, 7) is 8.85. The minimum Gasteiger partial charge on any atom is -0.327 e. The molecule has 1 unspecified atom stereocenters. The zero-order valence-corrected chi connectivity index (χ0v) is 19.1. The Hall–Kier alpha value is -1.92. The highest BCUT2D eigenvalue weighted by Gasteiger charge is 2.35. The van der Waals surface area contributed by atoms with Gasteiger partial charge in [0.1, 0.15) is 0 Å². The number of carbonyl (C=O) groups is 2. The van der Waals surface area contributed by atoms with Crippen molar-refractivity contribution in [2.75, 3.05) is 57.7 Å². The predicted octanol–water partition coefficient (Wildman–Crippen LogP) is 0.00960. The van der Waals surface area contributed by atoms with E-state index in [1.165, 1.54) is 54.0 Å². The first kappa shape index (κ1) is 22.3. The Balaban J connectivity index is 1.19. The van der Waals surface area contributed by atoms with Gasteiger partial charge in [0, 0.05) is 11.6 Å². The molecule has 3 N–H and O–H groups in total. The second-order valence-corrected chi connectivity index (χ2v) is 9.84. The van der Waals surface area contributed by atoms with Crippen LogP contribution < -0.4 is 15.1 Å². The molecule has 1 aliphatic carbocycles. The third-order valence-corrected chi connectivity index (χ3v) is 7.79. The molecule has 2 amide bonds. The van der Waals surface area contributed by atoms with Crippen molar-refractivity contribution >= 4 is 17.5 Å². The Bertz CT molecular complexity index is 760. The summed E-state index contributed by atoms with van der Waals surface area (Å²) in [5.41, 5.74) is 2.09. The van der Waals surface area contributed by atoms with Crippen LogP contribution in [-0.2, 0) is 16.0 Å². The Morgan fingerprint density at radius 1 is 0.968 bits per heavy atom. The number of carbonyl (C=O) groups excluding carboxylic acids is 2. The van der Waals surface area contributed by atoms with Crippen LogP contribution in [0.15, 0.2) is 24.3 Å². The Kier molecular flexibility index (Phi) is 7.62. The SMILES string of the molecule is CCc1ccccc1NC(=O)C[NH+]1CCN(C(=O)C[NH+]2CC[C@@H]3CCCC[C@@H]3C2)CC1. The van der Waals surface area contributed by atoms with Gasteiger partial charge in [-0.3, -0.25) is 9.59 Å². The number of nitrogens with one attached hydrogen (secondary N) is 3. The summed E-state index contributed by atoms with van der Waals surface area (Å²) in [4.78, 5) is 30.2. The zero-order chi connectivity index (χ0) is 21.6. The fraction of sp³-hybridized carbons (Fsp3) is 0.680. The molecule has 3 aliphatic rings. The maximum Gasteiger partial charge on any atom is 0.279 e. The standard InChI is InChI=1S/C25H38N4O2/c1-2-20-7-5-6-10-23(20)26-24(30)18-27-13-15-29(16-14-27)25(31)19-28-12-11-21-8-3-4-9-22(21)17-28/h5-7,10,21-22H,2-4,8-9,11-19H2,1H3,(H,26,30)/p+2/t21-,22+/m0/s1. The number of anilines is 1. The molecule has 2 aliphatic heterocycles. The van der Waals surface area contributed by atoms with Crippen molar-refractivity contribution < 1.29 is 19.4 Å². The van der Waals surface area contributed by atoms with Gasteiger partial charge in [0.2, 0.25) is 0 Å². The third kappa shape index (κ3) is 5.86. The minimum atomic E-state index is 0.0653. The van der Waals surface area contributed by atoms with Crippen molar-refractivity contribution in [3.05, 3.63) is 29.8 Å². The molecule has 31 heavy (non-hydrogen) atoms. The van der Waals surface area contributed by atoms with Crippen LogP contribution in [0.5, 0.6) is 0 Å². The topological polar surface area (TPSA) is 58.3 Å². The van der Waals surface area contributed by atoms with Crippen molar-refractivity contribution in [1.29, 1.82) is 0 Å². The van der Waals surface area contributed by atoms with Crippen LogP contribution in [0.2, 0.25) is 0 Å². The number of rotatable bonds is 6. The number of hydrogen-bond acceptors (Lipinski definition) is 2. The molecular formula is C25H40N4O2+2. The number of piperazine rings is 1. The van der Waals surface area contributed by atoms with Gasteiger partial charge in [0.05, 0.1) is 39.3 Å². The quantitative estimate of drug-likeness (QED) is 0.598. The van der Waals surface area contributed by atoms with E-state index in [1.807, 2.05) is 23.1 Å². The van der Waals surface area contributed by atoms with E-state index in [0.717, 1.165) is 56.7 Å². The monoisotopic (exact) mass is 428 g/mol. The number of likely N-dealkylation sites (tertiary alicyclic amines) is 1. The first-order chi connectivity index (χ1) is 15.1. The Morgan fingerprint density at radius 2 is 1.71 bits per heavy atom. The smallest absolute Gasteiger partial charge is 0.279 e. The average molecular weight is 429 g/mol. The van der Waals surface area contributed by atoms with E-state index in [9.17, 15) is 9.59 Å². The van der Waals surface area contributed by atoms with Gasteiger partial charge in [-0.1, -0.05) is 38.0 Å². The zero-order valence-electron chi connectivity index (χ0n) is 19.1. The van der Waals surface area contributed by atoms with Gasteiger partial charge < -0.3 is 20.0 Å². The van der Waals surface area contributed by atoms with Crippen molar-refractivity contribution in [3.8, 4) is 0 Å². The molecule has 1 saturated carbocycles. The molecule has 1 aromatic rings. The minimum absolute atomic E-state index is 0.0653. The molecule has 0 spiro atoms. The van der Waals surface area contributed by atoms with Gasteiger partial charge in [-0.05, 0) is 43.2 Å². The molecule has 6 nitrogen and oxygen atoms in total. The van der Waals surface area contributed by atoms with Crippen molar-refractivity contribution in [1.82, 2.24) is 4.90 Å². The van der Waals surface area contributed by atoms with Crippen LogP contribution in [-0.4, -0.2) is 69.1 Å². The summed E-state index contributed by atoms with van der Waals surface area (Å²) in [5, 5.41) is 3.08. The first-order valence-electron chi connectivity index (χ1n) is 12.4. The summed E-state index contributed by atoms with van der Waals surface area (Å²) in [7, 11) is 0. The molecule has 170 valence electrons. The van der Waals surface area contributed by atoms with Crippen LogP contribution >= 0.6 is 0 Å². The van der Waals surface area contributed by atoms with E-state index >= 15 is 0 Å². The first-order valence-corrected chi connectivity index (χ1v) is 12.4. The molecular weight excluding hydrogens is 388 g/mol. The van der Waals surface area contributed by atoms with Crippen LogP contribution in [0, 0.1) is 11.8 Å². The van der Waals surface area contributed by atoms with E-state index < -0.39 is 0 Å². The highest BCUT2D eigenvalue weighted by molar-refractivity contribution is 5.92. The number of aryl methyl sites for hydroxylation is 1. The fourth-order valence-corrected chi connectivity index (χ4v) is 5.90. The average Bonchev–Trinajstić information content (AvgIpc) is 2.79. The van der Waals surface area contributed by atoms with E-state index in [-0.39, 0.29) is 5.91 Å². The molecule has 3 atom stereocenters. The third-order valence-electron chi connectivity index (χ3n) is 7.79. The number of amides is 2. The lowest BCUT2D eigenvalue weighted by atomic mass is 9.75. The van der Waals surface area contributed by atoms with E-state index in [2.05, 4.69) is 18.3 Å². The van der Waals surface area contributed by atoms with Crippen LogP contribution in [0.3, 0.4) is 0 Å². The number of hydrogen-bond donors (Lipinski definition) is 3. The second kappa shape index (κ2) is 10.6. The molecule has 2 saturated heterocycles. The molecule has 1 aromatic carbocycles. The molecule has 0 bridgehead atoms. The van der Waals surface area contributed by atoms with Crippen LogP contribution in [0.1, 0.15) is 44.6 Å². The number of quaternary nitrogens is 2. The summed E-state index contributed by atoms with van der Waals surface area (Å²) in [6.07, 6.45) is 7.78. The van der Waals surface area contributed by atoms with Crippen molar-refractivity contribution in [3.63, 3.8) is 0 Å². The van der Waals surface area contributed by atoms with Crippen LogP contribution in [0.25, 0.3) is 0 Å². The molecule has 6 heteroatoms. The van der Waals surface area contributed by atoms with Crippen LogP contribution in [0.4, 0.5) is 5.69 Å². The van der Waals surface area contributed by atoms with Gasteiger partial charge in [0.25, 0.3) is 11.8 Å². The molecule has 4 rings (SSSR count). The van der Waals surface area contributed by atoms with E-state index in [0.29, 0.717) is 19.0 Å². The number of piperidine rings is 1. The second-order valence-electron chi connectivity index (χ2n) is 9.84. The summed E-state index contributed by atoms with van der Waals surface area (Å²) in [6, 6.07) is 8.01. The van der Waals surface area contributed by atoms with Gasteiger partial charge >= 0.3 is 0 Å². The lowest BCUT2D eigenvalue weighted by Gasteiger charge is -2.39. The lowest BCUT2D eigenvalue weighted by molar-refractivity contribution is -0.904. The summed E-state index contributed by atoms with van der Waals surface area (Å²) >= 11 is 0. The van der Waals surface area contributed by atoms with E-state index in [4.69, 9.17) is 0 Å². The van der Waals surface area contributed by atoms with Gasteiger partial charge in [0.15, 0.2) is 13.1 Å².